The minimum absolute atomic E-state index is 0.0253. The number of fused-ring (bicyclic) bond motifs is 2. The summed E-state index contributed by atoms with van der Waals surface area (Å²) in [4.78, 5) is 41.8. The lowest BCUT2D eigenvalue weighted by Crippen LogP contribution is -2.49. The van der Waals surface area contributed by atoms with Gasteiger partial charge in [-0.15, -0.1) is 0 Å². The number of nitrogens with zero attached hydrogens (tertiary/aromatic N) is 6. The molecule has 2 fully saturated rings. The second-order valence-corrected chi connectivity index (χ2v) is 11.4. The number of hydrogen-bond acceptors (Lipinski definition) is 6. The maximum Gasteiger partial charge on any atom is 0.272 e. The number of benzene rings is 2. The van der Waals surface area contributed by atoms with Crippen molar-refractivity contribution in [3.05, 3.63) is 78.1 Å². The van der Waals surface area contributed by atoms with E-state index in [9.17, 15) is 9.59 Å². The highest BCUT2D eigenvalue weighted by atomic mass is 16.2. The van der Waals surface area contributed by atoms with Gasteiger partial charge in [-0.2, -0.15) is 0 Å². The normalized spacial score (nSPS) is 17.5. The van der Waals surface area contributed by atoms with E-state index in [1.807, 2.05) is 22.9 Å². The molecule has 2 aromatic carbocycles. The van der Waals surface area contributed by atoms with Crippen LogP contribution in [-0.4, -0.2) is 97.4 Å². The SMILES string of the molecule is C=CC(=O)N1CCN(c2cc(C(=O)N(C)CCN3CCCC3)nc3c2CCN(c2cccc4ccccc24)C3)CC1. The Kier molecular flexibility index (Phi) is 7.92. The zero-order chi connectivity index (χ0) is 28.3. The summed E-state index contributed by atoms with van der Waals surface area (Å²) in [5.74, 6) is -0.0568. The first-order valence-electron chi connectivity index (χ1n) is 14.9. The van der Waals surface area contributed by atoms with E-state index in [0.29, 0.717) is 31.9 Å². The van der Waals surface area contributed by atoms with E-state index in [1.165, 1.54) is 40.9 Å². The van der Waals surface area contributed by atoms with Crippen LogP contribution >= 0.6 is 0 Å². The number of carbonyl (C=O) groups is 2. The number of amides is 2. The van der Waals surface area contributed by atoms with Crippen LogP contribution in [0.15, 0.2) is 61.2 Å². The highest BCUT2D eigenvalue weighted by Gasteiger charge is 2.29. The Morgan fingerprint density at radius 3 is 2.46 bits per heavy atom. The van der Waals surface area contributed by atoms with Crippen molar-refractivity contribution in [1.82, 2.24) is 19.7 Å². The molecule has 0 spiro atoms. The first-order chi connectivity index (χ1) is 20.0. The van der Waals surface area contributed by atoms with Crippen LogP contribution in [0.3, 0.4) is 0 Å². The molecule has 0 saturated carbocycles. The molecule has 3 aliphatic heterocycles. The van der Waals surface area contributed by atoms with Crippen LogP contribution in [0.2, 0.25) is 0 Å². The molecule has 3 aromatic rings. The summed E-state index contributed by atoms with van der Waals surface area (Å²) in [6.45, 7) is 11.7. The van der Waals surface area contributed by atoms with Gasteiger partial charge in [-0.25, -0.2) is 4.98 Å². The number of likely N-dealkylation sites (N-methyl/N-ethyl adjacent to an activating group) is 1. The molecule has 41 heavy (non-hydrogen) atoms. The predicted octanol–water partition coefficient (Wildman–Crippen LogP) is 3.80. The molecule has 214 valence electrons. The third-order valence-electron chi connectivity index (χ3n) is 8.89. The molecule has 2 saturated heterocycles. The smallest absolute Gasteiger partial charge is 0.272 e. The van der Waals surface area contributed by atoms with Gasteiger partial charge in [-0.1, -0.05) is 43.0 Å². The topological polar surface area (TPSA) is 63.2 Å². The van der Waals surface area contributed by atoms with Crippen LogP contribution in [0.25, 0.3) is 10.8 Å². The number of aromatic nitrogens is 1. The van der Waals surface area contributed by atoms with Gasteiger partial charge >= 0.3 is 0 Å². The minimum atomic E-state index is -0.0315. The fourth-order valence-electron chi connectivity index (χ4n) is 6.49. The van der Waals surface area contributed by atoms with E-state index < -0.39 is 0 Å². The number of likely N-dealkylation sites (tertiary alicyclic amines) is 1. The largest absolute Gasteiger partial charge is 0.368 e. The van der Waals surface area contributed by atoms with Gasteiger partial charge < -0.3 is 24.5 Å². The number of piperazine rings is 1. The highest BCUT2D eigenvalue weighted by Crippen LogP contribution is 2.34. The van der Waals surface area contributed by atoms with E-state index in [0.717, 1.165) is 57.1 Å². The molecule has 2 amide bonds. The maximum absolute atomic E-state index is 13.7. The number of rotatable bonds is 7. The van der Waals surface area contributed by atoms with E-state index in [2.05, 4.69) is 63.7 Å². The van der Waals surface area contributed by atoms with Gasteiger partial charge in [0.05, 0.1) is 12.2 Å². The lowest BCUT2D eigenvalue weighted by Gasteiger charge is -2.39. The van der Waals surface area contributed by atoms with Crippen molar-refractivity contribution >= 4 is 34.0 Å². The molecule has 0 unspecified atom stereocenters. The molecule has 3 aliphatic rings. The Morgan fingerprint density at radius 1 is 0.927 bits per heavy atom. The maximum atomic E-state index is 13.7. The molecular weight excluding hydrogens is 512 g/mol. The number of carbonyl (C=O) groups excluding carboxylic acids is 2. The van der Waals surface area contributed by atoms with Crippen molar-refractivity contribution < 1.29 is 9.59 Å². The van der Waals surface area contributed by atoms with Crippen LogP contribution in [0.1, 0.15) is 34.6 Å². The molecule has 1 aromatic heterocycles. The summed E-state index contributed by atoms with van der Waals surface area (Å²) in [5, 5.41) is 2.45. The van der Waals surface area contributed by atoms with E-state index in [1.54, 1.807) is 0 Å². The summed E-state index contributed by atoms with van der Waals surface area (Å²) in [6.07, 6.45) is 4.73. The van der Waals surface area contributed by atoms with Crippen LogP contribution in [0, 0.1) is 0 Å². The standard InChI is InChI=1S/C33H40N6O2/c1-3-32(40)38-21-19-37(20-22-38)31-23-28(33(41)35(2)17-18-36-14-6-7-15-36)34-29-24-39(16-13-27(29)31)30-12-8-10-25-9-4-5-11-26(25)30/h3-5,8-12,23H,1,6-7,13-22,24H2,2H3. The van der Waals surface area contributed by atoms with Gasteiger partial charge in [0.15, 0.2) is 0 Å². The zero-order valence-corrected chi connectivity index (χ0v) is 24.1. The Labute approximate surface area is 242 Å². The summed E-state index contributed by atoms with van der Waals surface area (Å²) < 4.78 is 0. The quantitative estimate of drug-likeness (QED) is 0.416. The lowest BCUT2D eigenvalue weighted by molar-refractivity contribution is -0.126. The Bertz CT molecular complexity index is 1440. The van der Waals surface area contributed by atoms with Gasteiger partial charge in [-0.3, -0.25) is 9.59 Å². The van der Waals surface area contributed by atoms with Gasteiger partial charge in [0.2, 0.25) is 5.91 Å². The number of pyridine rings is 1. The first kappa shape index (κ1) is 27.3. The van der Waals surface area contributed by atoms with E-state index >= 15 is 0 Å². The molecule has 6 rings (SSSR count). The summed E-state index contributed by atoms with van der Waals surface area (Å²) in [5.41, 5.74) is 5.00. The van der Waals surface area contributed by atoms with Crippen LogP contribution in [-0.2, 0) is 17.8 Å². The molecule has 0 aliphatic carbocycles. The molecule has 0 atom stereocenters. The average Bonchev–Trinajstić information content (AvgIpc) is 3.55. The Balaban J connectivity index is 1.30. The van der Waals surface area contributed by atoms with Crippen molar-refractivity contribution in [1.29, 1.82) is 0 Å². The van der Waals surface area contributed by atoms with Gasteiger partial charge in [0, 0.05) is 75.2 Å². The molecule has 0 radical (unpaired) electrons. The van der Waals surface area contributed by atoms with Gasteiger partial charge in [-0.05, 0) is 55.9 Å². The second-order valence-electron chi connectivity index (χ2n) is 11.4. The van der Waals surface area contributed by atoms with Crippen LogP contribution < -0.4 is 9.80 Å². The van der Waals surface area contributed by atoms with Gasteiger partial charge in [0.25, 0.3) is 5.91 Å². The highest BCUT2D eigenvalue weighted by molar-refractivity contribution is 5.95. The van der Waals surface area contributed by atoms with E-state index in [4.69, 9.17) is 4.98 Å². The van der Waals surface area contributed by atoms with Crippen molar-refractivity contribution in [3.63, 3.8) is 0 Å². The fraction of sp³-hybridized carbons (Fsp3) is 0.424. The number of hydrogen-bond donors (Lipinski definition) is 0. The third kappa shape index (κ3) is 5.66. The minimum Gasteiger partial charge on any atom is -0.368 e. The Morgan fingerprint density at radius 2 is 1.68 bits per heavy atom. The lowest BCUT2D eigenvalue weighted by atomic mass is 9.98. The second kappa shape index (κ2) is 11.9. The fourth-order valence-corrected chi connectivity index (χ4v) is 6.49. The predicted molar refractivity (Wildman–Crippen MR) is 165 cm³/mol. The molecule has 0 N–H and O–H groups in total. The average molecular weight is 553 g/mol. The number of anilines is 2. The van der Waals surface area contributed by atoms with Gasteiger partial charge in [0.1, 0.15) is 5.69 Å². The van der Waals surface area contributed by atoms with Crippen LogP contribution in [0.4, 0.5) is 11.4 Å². The zero-order valence-electron chi connectivity index (χ0n) is 24.1. The summed E-state index contributed by atoms with van der Waals surface area (Å²) >= 11 is 0. The van der Waals surface area contributed by atoms with Crippen molar-refractivity contribution in [2.24, 2.45) is 0 Å². The monoisotopic (exact) mass is 552 g/mol. The van der Waals surface area contributed by atoms with E-state index in [-0.39, 0.29) is 11.8 Å². The van der Waals surface area contributed by atoms with Crippen molar-refractivity contribution in [2.45, 2.75) is 25.8 Å². The first-order valence-corrected chi connectivity index (χ1v) is 14.9. The molecule has 8 heteroatoms. The summed E-state index contributed by atoms with van der Waals surface area (Å²) in [7, 11) is 1.89. The molecular formula is C33H40N6O2. The third-order valence-corrected chi connectivity index (χ3v) is 8.89. The van der Waals surface area contributed by atoms with Crippen LogP contribution in [0.5, 0.6) is 0 Å². The van der Waals surface area contributed by atoms with Crippen molar-refractivity contribution in [3.8, 4) is 0 Å². The van der Waals surface area contributed by atoms with Crippen molar-refractivity contribution in [2.75, 3.05) is 75.8 Å². The molecule has 8 nitrogen and oxygen atoms in total. The Hall–Kier alpha value is -3.91. The molecule has 4 heterocycles. The summed E-state index contributed by atoms with van der Waals surface area (Å²) in [6, 6.07) is 17.0. The molecule has 0 bridgehead atoms.